The topological polar surface area (TPSA) is 66.8 Å². The Balaban J connectivity index is 1.85. The van der Waals surface area contributed by atoms with Gasteiger partial charge in [0.2, 0.25) is 0 Å². The highest BCUT2D eigenvalue weighted by molar-refractivity contribution is 6.51. The first-order valence-electron chi connectivity index (χ1n) is 11.8. The van der Waals surface area contributed by atoms with E-state index < -0.39 is 35.2 Å². The highest BCUT2D eigenvalue weighted by atomic mass is 19.4. The van der Waals surface area contributed by atoms with Crippen LogP contribution in [0.2, 0.25) is 0 Å². The van der Waals surface area contributed by atoms with Crippen LogP contribution in [0.15, 0.2) is 78.4 Å². The molecule has 0 saturated carbocycles. The Morgan fingerprint density at radius 1 is 1.00 bits per heavy atom. The van der Waals surface area contributed by atoms with Crippen molar-refractivity contribution in [3.05, 3.63) is 101 Å². The first kappa shape index (κ1) is 26.0. The Morgan fingerprint density at radius 3 is 2.30 bits per heavy atom. The Morgan fingerprint density at radius 2 is 1.68 bits per heavy atom. The number of ether oxygens (including phenoxy) is 1. The third kappa shape index (κ3) is 5.38. The average Bonchev–Trinajstić information content (AvgIpc) is 3.12. The maximum atomic E-state index is 13.3. The lowest BCUT2D eigenvalue weighted by Gasteiger charge is -2.26. The molecule has 8 heteroatoms. The molecule has 0 spiro atoms. The van der Waals surface area contributed by atoms with Crippen molar-refractivity contribution in [2.75, 3.05) is 11.5 Å². The van der Waals surface area contributed by atoms with Gasteiger partial charge >= 0.3 is 6.18 Å². The number of ketones is 1. The molecule has 37 heavy (non-hydrogen) atoms. The molecule has 1 N–H and O–H groups in total. The molecular formula is C29H26F3NO4. The molecule has 1 atom stereocenters. The molecule has 3 aromatic carbocycles. The van der Waals surface area contributed by atoms with Crippen molar-refractivity contribution in [1.29, 1.82) is 0 Å². The minimum atomic E-state index is -4.55. The highest BCUT2D eigenvalue weighted by Gasteiger charge is 2.47. The summed E-state index contributed by atoms with van der Waals surface area (Å²) in [4.78, 5) is 27.6. The fourth-order valence-corrected chi connectivity index (χ4v) is 4.22. The van der Waals surface area contributed by atoms with E-state index in [9.17, 15) is 27.9 Å². The lowest BCUT2D eigenvalue weighted by atomic mass is 9.94. The van der Waals surface area contributed by atoms with Crippen LogP contribution in [0.5, 0.6) is 5.75 Å². The molecule has 1 fully saturated rings. The van der Waals surface area contributed by atoms with E-state index in [0.29, 0.717) is 17.9 Å². The molecule has 0 radical (unpaired) electrons. The van der Waals surface area contributed by atoms with Crippen LogP contribution in [0.4, 0.5) is 18.9 Å². The van der Waals surface area contributed by atoms with Crippen LogP contribution in [0.25, 0.3) is 5.76 Å². The zero-order valence-electron chi connectivity index (χ0n) is 20.5. The number of rotatable bonds is 6. The van der Waals surface area contributed by atoms with Gasteiger partial charge in [0.25, 0.3) is 11.7 Å². The summed E-state index contributed by atoms with van der Waals surface area (Å²) in [7, 11) is 0. The van der Waals surface area contributed by atoms with Crippen LogP contribution in [0.1, 0.15) is 42.1 Å². The molecule has 3 aromatic rings. The molecule has 1 amide bonds. The first-order chi connectivity index (χ1) is 17.5. The number of halogens is 3. The first-order valence-corrected chi connectivity index (χ1v) is 11.8. The van der Waals surface area contributed by atoms with E-state index in [1.54, 1.807) is 42.5 Å². The van der Waals surface area contributed by atoms with Crippen LogP contribution >= 0.6 is 0 Å². The van der Waals surface area contributed by atoms with Crippen molar-refractivity contribution < 1.29 is 32.6 Å². The van der Waals surface area contributed by atoms with E-state index >= 15 is 0 Å². The number of aliphatic hydroxyl groups is 1. The van der Waals surface area contributed by atoms with Crippen molar-refractivity contribution in [3.63, 3.8) is 0 Å². The van der Waals surface area contributed by atoms with Gasteiger partial charge in [-0.25, -0.2) is 0 Å². The predicted molar refractivity (Wildman–Crippen MR) is 134 cm³/mol. The van der Waals surface area contributed by atoms with Gasteiger partial charge in [-0.3, -0.25) is 14.5 Å². The second-order valence-corrected chi connectivity index (χ2v) is 9.36. The van der Waals surface area contributed by atoms with Gasteiger partial charge in [-0.2, -0.15) is 13.2 Å². The Kier molecular flexibility index (Phi) is 7.12. The van der Waals surface area contributed by atoms with Gasteiger partial charge in [0.15, 0.2) is 0 Å². The van der Waals surface area contributed by atoms with E-state index in [1.807, 2.05) is 26.8 Å². The van der Waals surface area contributed by atoms with Gasteiger partial charge in [-0.05, 0) is 54.8 Å². The van der Waals surface area contributed by atoms with Gasteiger partial charge in [0, 0.05) is 11.3 Å². The Hall–Kier alpha value is -4.07. The lowest BCUT2D eigenvalue weighted by Crippen LogP contribution is -2.29. The van der Waals surface area contributed by atoms with Crippen molar-refractivity contribution in [2.24, 2.45) is 5.92 Å². The van der Waals surface area contributed by atoms with E-state index in [4.69, 9.17) is 4.74 Å². The molecule has 0 aromatic heterocycles. The number of anilines is 1. The van der Waals surface area contributed by atoms with Gasteiger partial charge in [-0.1, -0.05) is 55.8 Å². The van der Waals surface area contributed by atoms with Gasteiger partial charge in [0.05, 0.1) is 23.8 Å². The molecule has 0 aliphatic carbocycles. The normalized spacial score (nSPS) is 17.5. The monoisotopic (exact) mass is 509 g/mol. The van der Waals surface area contributed by atoms with Gasteiger partial charge < -0.3 is 9.84 Å². The smallest absolute Gasteiger partial charge is 0.416 e. The molecule has 1 aliphatic rings. The molecule has 1 unspecified atom stereocenters. The summed E-state index contributed by atoms with van der Waals surface area (Å²) in [6, 6.07) is 16.6. The summed E-state index contributed by atoms with van der Waals surface area (Å²) in [6.45, 7) is 6.28. The molecule has 4 rings (SSSR count). The minimum Gasteiger partial charge on any atom is -0.507 e. The number of alkyl halides is 3. The van der Waals surface area contributed by atoms with Crippen LogP contribution in [-0.2, 0) is 15.8 Å². The number of Topliss-reactive ketones (excluding diaryl/α,β-unsaturated/α-hetero) is 1. The number of hydrogen-bond donors (Lipinski definition) is 1. The van der Waals surface area contributed by atoms with Crippen molar-refractivity contribution in [2.45, 2.75) is 33.0 Å². The summed E-state index contributed by atoms with van der Waals surface area (Å²) in [6.07, 6.45) is -4.55. The maximum absolute atomic E-state index is 13.3. The number of nitrogens with zero attached hydrogens (tertiary/aromatic N) is 1. The zero-order chi connectivity index (χ0) is 26.9. The van der Waals surface area contributed by atoms with Crippen LogP contribution < -0.4 is 9.64 Å². The minimum absolute atomic E-state index is 0.106. The molecule has 5 nitrogen and oxygen atoms in total. The lowest BCUT2D eigenvalue weighted by molar-refractivity contribution is -0.137. The van der Waals surface area contributed by atoms with E-state index in [1.165, 1.54) is 0 Å². The van der Waals surface area contributed by atoms with Crippen molar-refractivity contribution >= 4 is 23.1 Å². The SMILES string of the molecule is Cc1cccc(C2/C(=C(\O)c3cccc(OCC(C)C)c3)C(=O)C(=O)N2c2ccc(C(F)(F)F)cc2)c1. The largest absolute Gasteiger partial charge is 0.507 e. The predicted octanol–water partition coefficient (Wildman–Crippen LogP) is 6.67. The third-order valence-electron chi connectivity index (χ3n) is 5.97. The molecule has 1 aliphatic heterocycles. The number of aliphatic hydroxyl groups excluding tert-OH is 1. The van der Waals surface area contributed by atoms with Gasteiger partial charge in [0.1, 0.15) is 11.5 Å². The quantitative estimate of drug-likeness (QED) is 0.229. The van der Waals surface area contributed by atoms with Crippen molar-refractivity contribution in [1.82, 2.24) is 0 Å². The van der Waals surface area contributed by atoms with E-state index in [0.717, 1.165) is 34.7 Å². The number of carbonyl (C=O) groups is 2. The van der Waals surface area contributed by atoms with Crippen LogP contribution in [0, 0.1) is 12.8 Å². The summed E-state index contributed by atoms with van der Waals surface area (Å²) in [5.74, 6) is -1.51. The highest BCUT2D eigenvalue weighted by Crippen LogP contribution is 2.43. The second kappa shape index (κ2) is 10.1. The third-order valence-corrected chi connectivity index (χ3v) is 5.97. The van der Waals surface area contributed by atoms with Crippen LogP contribution in [-0.4, -0.2) is 23.4 Å². The number of carbonyl (C=O) groups excluding carboxylic acids is 2. The Bertz CT molecular complexity index is 1360. The summed E-state index contributed by atoms with van der Waals surface area (Å²) in [5.41, 5.74) is 0.737. The summed E-state index contributed by atoms with van der Waals surface area (Å²) >= 11 is 0. The Labute approximate surface area is 212 Å². The molecular weight excluding hydrogens is 483 g/mol. The summed E-state index contributed by atoms with van der Waals surface area (Å²) < 4.78 is 45.1. The zero-order valence-corrected chi connectivity index (χ0v) is 20.5. The molecule has 1 heterocycles. The van der Waals surface area contributed by atoms with E-state index in [-0.39, 0.29) is 22.7 Å². The summed E-state index contributed by atoms with van der Waals surface area (Å²) in [5, 5.41) is 11.3. The van der Waals surface area contributed by atoms with Crippen molar-refractivity contribution in [3.8, 4) is 5.75 Å². The number of hydrogen-bond acceptors (Lipinski definition) is 4. The fourth-order valence-electron chi connectivity index (χ4n) is 4.22. The molecule has 1 saturated heterocycles. The molecule has 0 bridgehead atoms. The van der Waals surface area contributed by atoms with Gasteiger partial charge in [-0.15, -0.1) is 0 Å². The van der Waals surface area contributed by atoms with Crippen LogP contribution in [0.3, 0.4) is 0 Å². The fraction of sp³-hybridized carbons (Fsp3) is 0.241. The maximum Gasteiger partial charge on any atom is 0.416 e. The number of amides is 1. The average molecular weight is 510 g/mol. The standard InChI is InChI=1S/C29H26F3NO4/c1-17(2)16-37-23-9-5-8-20(15-23)26(34)24-25(19-7-4-6-18(3)14-19)33(28(36)27(24)35)22-12-10-21(11-13-22)29(30,31)32/h4-15,17,25,34H,16H2,1-3H3/b26-24+. The van der Waals surface area contributed by atoms with E-state index in [2.05, 4.69) is 0 Å². The molecule has 192 valence electrons. The number of aryl methyl sites for hydroxylation is 1. The number of benzene rings is 3. The second-order valence-electron chi connectivity index (χ2n) is 9.36.